The van der Waals surface area contributed by atoms with Crippen LogP contribution in [0.5, 0.6) is 0 Å². The largest absolute Gasteiger partial charge is 0.390 e. The maximum absolute atomic E-state index is 9.80. The third-order valence-electron chi connectivity index (χ3n) is 3.60. The van der Waals surface area contributed by atoms with Crippen molar-refractivity contribution in [2.45, 2.75) is 51.0 Å². The minimum absolute atomic E-state index is 0.197. The fraction of sp³-hybridized carbons (Fsp3) is 1.00. The summed E-state index contributed by atoms with van der Waals surface area (Å²) in [6.07, 6.45) is 8.80. The molecule has 1 N–H and O–H groups in total. The van der Waals surface area contributed by atoms with E-state index in [1.807, 2.05) is 0 Å². The molecule has 2 saturated carbocycles. The number of ether oxygens (including phenoxy) is 1. The SMILES string of the molecule is OC(COCCC1CC1)C1CCCC1. The van der Waals surface area contributed by atoms with Crippen LogP contribution in [0.1, 0.15) is 44.9 Å². The van der Waals surface area contributed by atoms with Gasteiger partial charge in [0.1, 0.15) is 0 Å². The molecule has 2 fully saturated rings. The van der Waals surface area contributed by atoms with Crippen molar-refractivity contribution in [2.75, 3.05) is 13.2 Å². The van der Waals surface area contributed by atoms with Crippen LogP contribution < -0.4 is 0 Å². The Morgan fingerprint density at radius 2 is 1.86 bits per heavy atom. The fourth-order valence-electron chi connectivity index (χ4n) is 2.34. The van der Waals surface area contributed by atoms with Gasteiger partial charge in [0.15, 0.2) is 0 Å². The molecule has 2 aliphatic rings. The second kappa shape index (κ2) is 5.13. The number of rotatable bonds is 6. The van der Waals surface area contributed by atoms with E-state index in [-0.39, 0.29) is 6.10 Å². The number of hydrogen-bond donors (Lipinski definition) is 1. The third-order valence-corrected chi connectivity index (χ3v) is 3.60. The minimum Gasteiger partial charge on any atom is -0.390 e. The first-order chi connectivity index (χ1) is 6.86. The van der Waals surface area contributed by atoms with Gasteiger partial charge >= 0.3 is 0 Å². The van der Waals surface area contributed by atoms with Crippen LogP contribution in [0.3, 0.4) is 0 Å². The van der Waals surface area contributed by atoms with Gasteiger partial charge in [-0.05, 0) is 31.1 Å². The lowest BCUT2D eigenvalue weighted by Gasteiger charge is -2.17. The summed E-state index contributed by atoms with van der Waals surface area (Å²) < 4.78 is 5.51. The second-order valence-electron chi connectivity index (χ2n) is 4.92. The molecule has 2 aliphatic carbocycles. The zero-order chi connectivity index (χ0) is 9.80. The molecule has 0 spiro atoms. The average molecular weight is 198 g/mol. The van der Waals surface area contributed by atoms with Crippen molar-refractivity contribution in [1.82, 2.24) is 0 Å². The highest BCUT2D eigenvalue weighted by atomic mass is 16.5. The summed E-state index contributed by atoms with van der Waals surface area (Å²) in [6, 6.07) is 0. The highest BCUT2D eigenvalue weighted by molar-refractivity contribution is 4.75. The van der Waals surface area contributed by atoms with Gasteiger partial charge in [0.25, 0.3) is 0 Å². The van der Waals surface area contributed by atoms with Gasteiger partial charge in [0.2, 0.25) is 0 Å². The molecule has 1 unspecified atom stereocenters. The molecule has 2 heteroatoms. The molecule has 0 radical (unpaired) electrons. The van der Waals surface area contributed by atoms with E-state index in [2.05, 4.69) is 0 Å². The third kappa shape index (κ3) is 3.25. The molecular weight excluding hydrogens is 176 g/mol. The molecule has 14 heavy (non-hydrogen) atoms. The molecule has 0 bridgehead atoms. The second-order valence-corrected chi connectivity index (χ2v) is 4.92. The molecule has 0 saturated heterocycles. The van der Waals surface area contributed by atoms with Crippen LogP contribution in [-0.2, 0) is 4.74 Å². The van der Waals surface area contributed by atoms with Crippen molar-refractivity contribution >= 4 is 0 Å². The quantitative estimate of drug-likeness (QED) is 0.664. The van der Waals surface area contributed by atoms with Crippen LogP contribution in [0, 0.1) is 11.8 Å². The first-order valence-corrected chi connectivity index (χ1v) is 6.12. The molecule has 0 aromatic heterocycles. The van der Waals surface area contributed by atoms with Crippen molar-refractivity contribution < 1.29 is 9.84 Å². The molecule has 2 nitrogen and oxygen atoms in total. The standard InChI is InChI=1S/C12H22O2/c13-12(11-3-1-2-4-11)9-14-8-7-10-5-6-10/h10-13H,1-9H2. The highest BCUT2D eigenvalue weighted by Crippen LogP contribution is 2.32. The predicted molar refractivity (Wildman–Crippen MR) is 56.1 cm³/mol. The fourth-order valence-corrected chi connectivity index (χ4v) is 2.34. The molecule has 1 atom stereocenters. The van der Waals surface area contributed by atoms with Gasteiger partial charge in [0, 0.05) is 6.61 Å². The lowest BCUT2D eigenvalue weighted by atomic mass is 10.0. The molecule has 82 valence electrons. The van der Waals surface area contributed by atoms with E-state index in [1.165, 1.54) is 44.9 Å². The van der Waals surface area contributed by atoms with Gasteiger partial charge in [-0.3, -0.25) is 0 Å². The van der Waals surface area contributed by atoms with Crippen LogP contribution in [-0.4, -0.2) is 24.4 Å². The predicted octanol–water partition coefficient (Wildman–Crippen LogP) is 2.35. The monoisotopic (exact) mass is 198 g/mol. The minimum atomic E-state index is -0.197. The lowest BCUT2D eigenvalue weighted by Crippen LogP contribution is -2.24. The molecule has 0 aromatic carbocycles. The number of hydrogen-bond acceptors (Lipinski definition) is 2. The molecule has 0 aliphatic heterocycles. The summed E-state index contributed by atoms with van der Waals surface area (Å²) in [4.78, 5) is 0. The molecular formula is C12H22O2. The van der Waals surface area contributed by atoms with Crippen molar-refractivity contribution in [1.29, 1.82) is 0 Å². The number of aliphatic hydroxyl groups excluding tert-OH is 1. The van der Waals surface area contributed by atoms with Crippen LogP contribution in [0.2, 0.25) is 0 Å². The van der Waals surface area contributed by atoms with Crippen LogP contribution in [0.15, 0.2) is 0 Å². The Hall–Kier alpha value is -0.0800. The maximum Gasteiger partial charge on any atom is 0.0801 e. The van der Waals surface area contributed by atoms with Gasteiger partial charge < -0.3 is 9.84 Å². The number of aliphatic hydroxyl groups is 1. The van der Waals surface area contributed by atoms with Crippen molar-refractivity contribution in [2.24, 2.45) is 11.8 Å². The van der Waals surface area contributed by atoms with Gasteiger partial charge in [-0.15, -0.1) is 0 Å². The summed E-state index contributed by atoms with van der Waals surface area (Å²) in [6.45, 7) is 1.42. The summed E-state index contributed by atoms with van der Waals surface area (Å²) in [5.74, 6) is 1.47. The van der Waals surface area contributed by atoms with Gasteiger partial charge in [-0.2, -0.15) is 0 Å². The molecule has 0 aromatic rings. The van der Waals surface area contributed by atoms with Gasteiger partial charge in [-0.25, -0.2) is 0 Å². The Morgan fingerprint density at radius 3 is 2.50 bits per heavy atom. The van der Waals surface area contributed by atoms with E-state index in [4.69, 9.17) is 4.74 Å². The molecule has 2 rings (SSSR count). The Balaban J connectivity index is 1.50. The Labute approximate surface area is 86.6 Å². The molecule has 0 heterocycles. The smallest absolute Gasteiger partial charge is 0.0801 e. The first kappa shape index (κ1) is 10.4. The average Bonchev–Trinajstić information content (AvgIpc) is 2.84. The van der Waals surface area contributed by atoms with Gasteiger partial charge in [0.05, 0.1) is 12.7 Å². The summed E-state index contributed by atoms with van der Waals surface area (Å²) in [5, 5.41) is 9.80. The molecule has 0 amide bonds. The summed E-state index contributed by atoms with van der Waals surface area (Å²) in [7, 11) is 0. The van der Waals surface area contributed by atoms with Crippen molar-refractivity contribution in [3.8, 4) is 0 Å². The lowest BCUT2D eigenvalue weighted by molar-refractivity contribution is 0.00457. The van der Waals surface area contributed by atoms with E-state index >= 15 is 0 Å². The zero-order valence-corrected chi connectivity index (χ0v) is 8.95. The van der Waals surface area contributed by atoms with Gasteiger partial charge in [-0.1, -0.05) is 25.7 Å². The van der Waals surface area contributed by atoms with Crippen LogP contribution >= 0.6 is 0 Å². The highest BCUT2D eigenvalue weighted by Gasteiger charge is 2.24. The topological polar surface area (TPSA) is 29.5 Å². The summed E-state index contributed by atoms with van der Waals surface area (Å²) in [5.41, 5.74) is 0. The maximum atomic E-state index is 9.80. The van der Waals surface area contributed by atoms with E-state index in [0.29, 0.717) is 12.5 Å². The van der Waals surface area contributed by atoms with Crippen molar-refractivity contribution in [3.05, 3.63) is 0 Å². The Morgan fingerprint density at radius 1 is 1.14 bits per heavy atom. The summed E-state index contributed by atoms with van der Waals surface area (Å²) >= 11 is 0. The normalized spacial score (nSPS) is 25.5. The van der Waals surface area contributed by atoms with E-state index in [0.717, 1.165) is 12.5 Å². The first-order valence-electron chi connectivity index (χ1n) is 6.12. The van der Waals surface area contributed by atoms with Crippen LogP contribution in [0.4, 0.5) is 0 Å². The van der Waals surface area contributed by atoms with E-state index in [9.17, 15) is 5.11 Å². The zero-order valence-electron chi connectivity index (χ0n) is 8.95. The van der Waals surface area contributed by atoms with E-state index < -0.39 is 0 Å². The van der Waals surface area contributed by atoms with Crippen LogP contribution in [0.25, 0.3) is 0 Å². The Kier molecular flexibility index (Phi) is 3.82. The van der Waals surface area contributed by atoms with E-state index in [1.54, 1.807) is 0 Å². The Bertz CT molecular complexity index is 160. The van der Waals surface area contributed by atoms with Crippen molar-refractivity contribution in [3.63, 3.8) is 0 Å².